The first-order valence-electron chi connectivity index (χ1n) is 7.17. The smallest absolute Gasteiger partial charge is 0.250 e. The molecule has 0 aromatic heterocycles. The maximum Gasteiger partial charge on any atom is 0.250 e. The lowest BCUT2D eigenvalue weighted by atomic mass is 10.0. The monoisotopic (exact) mass is 285 g/mol. The van der Waals surface area contributed by atoms with Crippen molar-refractivity contribution in [3.63, 3.8) is 0 Å². The molecule has 0 aliphatic carbocycles. The second-order valence-corrected chi connectivity index (χ2v) is 5.35. The van der Waals surface area contributed by atoms with Gasteiger partial charge in [-0.1, -0.05) is 38.8 Å². The third-order valence-electron chi connectivity index (χ3n) is 2.86. The molecule has 1 atom stereocenters. The van der Waals surface area contributed by atoms with E-state index in [0.717, 1.165) is 25.6 Å². The molecule has 0 rings (SSSR count). The predicted octanol–water partition coefficient (Wildman–Crippen LogP) is 1.97. The third-order valence-corrected chi connectivity index (χ3v) is 2.86. The van der Waals surface area contributed by atoms with E-state index in [2.05, 4.69) is 17.4 Å². The molecule has 20 heavy (non-hydrogen) atoms. The highest BCUT2D eigenvalue weighted by molar-refractivity contribution is 5.93. The van der Waals surface area contributed by atoms with Crippen molar-refractivity contribution in [3.8, 4) is 0 Å². The first-order chi connectivity index (χ1) is 9.42. The molecule has 6 nitrogen and oxygen atoms in total. The zero-order valence-electron chi connectivity index (χ0n) is 12.9. The van der Waals surface area contributed by atoms with Gasteiger partial charge in [-0.3, -0.25) is 14.5 Å². The molecule has 0 aliphatic rings. The summed E-state index contributed by atoms with van der Waals surface area (Å²) in [5.74, 6) is -0.194. The summed E-state index contributed by atoms with van der Waals surface area (Å²) >= 11 is 0. The Morgan fingerprint density at radius 1 is 1.35 bits per heavy atom. The Hall–Kier alpha value is -1.59. The van der Waals surface area contributed by atoms with Gasteiger partial charge in [0.25, 0.3) is 0 Å². The molecule has 0 fully saturated rings. The Balaban J connectivity index is 4.79. The number of oxime groups is 1. The number of rotatable bonds is 9. The molecule has 0 aromatic carbocycles. The maximum absolute atomic E-state index is 12.4. The van der Waals surface area contributed by atoms with Gasteiger partial charge in [-0.05, 0) is 18.8 Å². The van der Waals surface area contributed by atoms with E-state index >= 15 is 0 Å². The summed E-state index contributed by atoms with van der Waals surface area (Å²) in [6.07, 6.45) is 4.55. The molecule has 0 spiro atoms. The van der Waals surface area contributed by atoms with Crippen LogP contribution in [0.25, 0.3) is 0 Å². The Kier molecular flexibility index (Phi) is 9.41. The lowest BCUT2D eigenvalue weighted by Crippen LogP contribution is -2.48. The lowest BCUT2D eigenvalue weighted by Gasteiger charge is -2.25. The summed E-state index contributed by atoms with van der Waals surface area (Å²) in [6.45, 7) is 7.94. The number of hydrogen-bond acceptors (Lipinski definition) is 4. The fourth-order valence-corrected chi connectivity index (χ4v) is 1.96. The van der Waals surface area contributed by atoms with Crippen molar-refractivity contribution in [1.29, 1.82) is 0 Å². The minimum atomic E-state index is -0.577. The molecule has 116 valence electrons. The molecule has 2 amide bonds. The van der Waals surface area contributed by atoms with Crippen molar-refractivity contribution in [1.82, 2.24) is 10.2 Å². The molecule has 0 unspecified atom stereocenters. The quantitative estimate of drug-likeness (QED) is 0.223. The number of nitrogens with zero attached hydrogens (tertiary/aromatic N) is 2. The topological polar surface area (TPSA) is 82.0 Å². The second-order valence-electron chi connectivity index (χ2n) is 5.35. The fourth-order valence-electron chi connectivity index (χ4n) is 1.96. The highest BCUT2D eigenvalue weighted by atomic mass is 16.4. The van der Waals surface area contributed by atoms with Gasteiger partial charge in [-0.15, -0.1) is 0 Å². The standard InChI is InChI=1S/C14H27N3O3/c1-5-6-7-8-17(10-15-20)14(19)13(9-11(2)3)16-12(4)18/h10-11,13,20H,5-9H2,1-4H3,(H,16,18)/b15-10-/t13-/m0/s1. The number of hydrogen-bond donors (Lipinski definition) is 2. The van der Waals surface area contributed by atoms with Gasteiger partial charge in [0.15, 0.2) is 0 Å². The molecule has 2 N–H and O–H groups in total. The van der Waals surface area contributed by atoms with Crippen molar-refractivity contribution < 1.29 is 14.8 Å². The SMILES string of the molecule is CCCCCN(/C=N\O)C(=O)[C@H](CC(C)C)NC(C)=O. The zero-order valence-corrected chi connectivity index (χ0v) is 12.9. The Labute approximate surface area is 121 Å². The van der Waals surface area contributed by atoms with Crippen molar-refractivity contribution in [2.24, 2.45) is 11.1 Å². The highest BCUT2D eigenvalue weighted by Gasteiger charge is 2.25. The van der Waals surface area contributed by atoms with Gasteiger partial charge < -0.3 is 10.5 Å². The average Bonchev–Trinajstić information content (AvgIpc) is 2.35. The molecule has 6 heteroatoms. The molecule has 0 aromatic rings. The van der Waals surface area contributed by atoms with Crippen LogP contribution in [0.3, 0.4) is 0 Å². The lowest BCUT2D eigenvalue weighted by molar-refractivity contribution is -0.133. The van der Waals surface area contributed by atoms with Crippen LogP contribution in [0, 0.1) is 5.92 Å². The van der Waals surface area contributed by atoms with Crippen molar-refractivity contribution in [2.75, 3.05) is 6.54 Å². The average molecular weight is 285 g/mol. The van der Waals surface area contributed by atoms with Crippen molar-refractivity contribution in [3.05, 3.63) is 0 Å². The summed E-state index contributed by atoms with van der Waals surface area (Å²) in [7, 11) is 0. The minimum Gasteiger partial charge on any atom is -0.410 e. The van der Waals surface area contributed by atoms with E-state index < -0.39 is 6.04 Å². The van der Waals surface area contributed by atoms with Crippen LogP contribution in [-0.4, -0.2) is 40.8 Å². The first kappa shape index (κ1) is 18.4. The Bertz CT molecular complexity index is 330. The van der Waals surface area contributed by atoms with E-state index in [0.29, 0.717) is 13.0 Å². The van der Waals surface area contributed by atoms with Gasteiger partial charge >= 0.3 is 0 Å². The Morgan fingerprint density at radius 3 is 2.45 bits per heavy atom. The van der Waals surface area contributed by atoms with E-state index in [4.69, 9.17) is 5.21 Å². The van der Waals surface area contributed by atoms with Gasteiger partial charge in [0, 0.05) is 13.5 Å². The van der Waals surface area contributed by atoms with E-state index in [1.54, 1.807) is 0 Å². The number of carbonyl (C=O) groups excluding carboxylic acids is 2. The van der Waals surface area contributed by atoms with Crippen molar-refractivity contribution in [2.45, 2.75) is 59.4 Å². The molecule has 0 radical (unpaired) electrons. The summed E-state index contributed by atoms with van der Waals surface area (Å²) in [6, 6.07) is -0.577. The summed E-state index contributed by atoms with van der Waals surface area (Å²) in [4.78, 5) is 25.0. The number of carbonyl (C=O) groups is 2. The van der Waals surface area contributed by atoms with Crippen LogP contribution in [-0.2, 0) is 9.59 Å². The summed E-state index contributed by atoms with van der Waals surface area (Å²) in [5, 5.41) is 14.3. The minimum absolute atomic E-state index is 0.234. The van der Waals surface area contributed by atoms with Crippen LogP contribution in [0.4, 0.5) is 0 Å². The number of unbranched alkanes of at least 4 members (excludes halogenated alkanes) is 2. The molecule has 0 aliphatic heterocycles. The van der Waals surface area contributed by atoms with Crippen molar-refractivity contribution >= 4 is 18.2 Å². The van der Waals surface area contributed by atoms with Crippen LogP contribution >= 0.6 is 0 Å². The summed E-state index contributed by atoms with van der Waals surface area (Å²) in [5.41, 5.74) is 0. The molecular weight excluding hydrogens is 258 g/mol. The second kappa shape index (κ2) is 10.2. The van der Waals surface area contributed by atoms with Gasteiger partial charge in [0.05, 0.1) is 0 Å². The van der Waals surface area contributed by atoms with Gasteiger partial charge in [0.1, 0.15) is 12.4 Å². The van der Waals surface area contributed by atoms with Gasteiger partial charge in [-0.25, -0.2) is 0 Å². The van der Waals surface area contributed by atoms with Crippen LogP contribution in [0.1, 0.15) is 53.4 Å². The first-order valence-corrected chi connectivity index (χ1v) is 7.17. The zero-order chi connectivity index (χ0) is 15.5. The van der Waals surface area contributed by atoms with Crippen LogP contribution in [0.15, 0.2) is 5.16 Å². The van der Waals surface area contributed by atoms with E-state index in [1.165, 1.54) is 11.8 Å². The van der Waals surface area contributed by atoms with E-state index in [9.17, 15) is 9.59 Å². The van der Waals surface area contributed by atoms with Crippen LogP contribution < -0.4 is 5.32 Å². The van der Waals surface area contributed by atoms with Crippen LogP contribution in [0.5, 0.6) is 0 Å². The third kappa shape index (κ3) is 7.76. The molecule has 0 saturated heterocycles. The van der Waals surface area contributed by atoms with E-state index in [-0.39, 0.29) is 17.7 Å². The molecular formula is C14H27N3O3. The molecule has 0 heterocycles. The maximum atomic E-state index is 12.4. The molecule has 0 bridgehead atoms. The highest BCUT2D eigenvalue weighted by Crippen LogP contribution is 2.09. The summed E-state index contributed by atoms with van der Waals surface area (Å²) < 4.78 is 0. The van der Waals surface area contributed by atoms with Gasteiger partial charge in [0.2, 0.25) is 11.8 Å². The predicted molar refractivity (Wildman–Crippen MR) is 78.6 cm³/mol. The van der Waals surface area contributed by atoms with E-state index in [1.807, 2.05) is 13.8 Å². The Morgan fingerprint density at radius 2 is 2.00 bits per heavy atom. The largest absolute Gasteiger partial charge is 0.410 e. The normalized spacial score (nSPS) is 12.7. The number of nitrogens with one attached hydrogen (secondary N) is 1. The molecule has 0 saturated carbocycles. The number of amides is 2. The fraction of sp³-hybridized carbons (Fsp3) is 0.786. The van der Waals surface area contributed by atoms with Crippen LogP contribution in [0.2, 0.25) is 0 Å². The van der Waals surface area contributed by atoms with Gasteiger partial charge in [-0.2, -0.15) is 0 Å².